The number of hydrogen-bond donors (Lipinski definition) is 1. The first-order valence-electron chi connectivity index (χ1n) is 24.7. The maximum absolute atomic E-state index is 12.8. The number of nitrogens with zero attached hydrogens (tertiary/aromatic N) is 1. The average Bonchev–Trinajstić information content (AvgIpc) is 3.27. The second-order valence-corrected chi connectivity index (χ2v) is 17.0. The lowest BCUT2D eigenvalue weighted by Gasteiger charge is -2.25. The van der Waals surface area contributed by atoms with E-state index in [1.165, 1.54) is 12.8 Å². The van der Waals surface area contributed by atoms with E-state index in [4.69, 9.17) is 18.9 Å². The molecule has 0 radical (unpaired) electrons. The van der Waals surface area contributed by atoms with Crippen LogP contribution in [0.2, 0.25) is 0 Å². The molecule has 65 heavy (non-hydrogen) atoms. The number of likely N-dealkylation sites (N-methyl/N-ethyl adjacent to an activating group) is 1. The van der Waals surface area contributed by atoms with E-state index < -0.39 is 24.3 Å². The molecular weight excluding hydrogens is 815 g/mol. The fraction of sp³-hybridized carbons (Fsp3) is 0.589. The number of rotatable bonds is 43. The first kappa shape index (κ1) is 60.7. The molecule has 2 atom stereocenters. The number of carbonyl (C=O) groups is 3. The third-order valence-electron chi connectivity index (χ3n) is 9.70. The topological polar surface area (TPSA) is 108 Å². The molecule has 0 aromatic carbocycles. The molecule has 0 aromatic rings. The van der Waals surface area contributed by atoms with Gasteiger partial charge in [0.25, 0.3) is 6.29 Å². The molecule has 0 fully saturated rings. The zero-order valence-corrected chi connectivity index (χ0v) is 41.3. The van der Waals surface area contributed by atoms with Gasteiger partial charge in [0.05, 0.1) is 34.4 Å². The van der Waals surface area contributed by atoms with E-state index in [1.807, 2.05) is 21.1 Å². The molecule has 0 aliphatic rings. The van der Waals surface area contributed by atoms with Crippen molar-refractivity contribution in [3.63, 3.8) is 0 Å². The number of quaternary nitrogens is 1. The van der Waals surface area contributed by atoms with Crippen molar-refractivity contribution in [3.05, 3.63) is 122 Å². The van der Waals surface area contributed by atoms with Gasteiger partial charge in [-0.1, -0.05) is 167 Å². The molecule has 0 saturated carbocycles. The van der Waals surface area contributed by atoms with Gasteiger partial charge in [-0.25, -0.2) is 4.79 Å². The Morgan fingerprint density at radius 2 is 0.892 bits per heavy atom. The number of hydrogen-bond acceptors (Lipinski definition) is 7. The highest BCUT2D eigenvalue weighted by Crippen LogP contribution is 2.11. The Bertz CT molecular complexity index is 1470. The lowest BCUT2D eigenvalue weighted by molar-refractivity contribution is -0.870. The SMILES string of the molecule is CC/C=C\C/C=C\C/C=C\C/C=C\C/C=C\C/C=C\C/C=C\C/C=C\C/C=C\CCCC(=O)OC(COC(=O)CCCCCCC/C=C\CCCC)COC(OCC[N+](C)(C)C)C(=O)O. The van der Waals surface area contributed by atoms with Gasteiger partial charge in [0.2, 0.25) is 0 Å². The van der Waals surface area contributed by atoms with Crippen LogP contribution in [-0.2, 0) is 33.3 Å². The van der Waals surface area contributed by atoms with Crippen LogP contribution in [0.3, 0.4) is 0 Å². The van der Waals surface area contributed by atoms with Crippen LogP contribution in [-0.4, -0.2) is 87.4 Å². The maximum atomic E-state index is 12.8. The van der Waals surface area contributed by atoms with Crippen LogP contribution in [0.25, 0.3) is 0 Å². The summed E-state index contributed by atoms with van der Waals surface area (Å²) in [5, 5.41) is 9.64. The molecule has 1 N–H and O–H groups in total. The Morgan fingerprint density at radius 3 is 1.37 bits per heavy atom. The van der Waals surface area contributed by atoms with Crippen LogP contribution in [0, 0.1) is 0 Å². The van der Waals surface area contributed by atoms with E-state index in [-0.39, 0.29) is 38.6 Å². The average molecular weight is 905 g/mol. The highest BCUT2D eigenvalue weighted by Gasteiger charge is 2.25. The number of aliphatic carboxylic acids is 1. The summed E-state index contributed by atoms with van der Waals surface area (Å²) in [7, 11) is 5.92. The Balaban J connectivity index is 4.45. The van der Waals surface area contributed by atoms with Crippen molar-refractivity contribution in [3.8, 4) is 0 Å². The minimum absolute atomic E-state index is 0.168. The summed E-state index contributed by atoms with van der Waals surface area (Å²) < 4.78 is 22.6. The Morgan fingerprint density at radius 1 is 0.477 bits per heavy atom. The van der Waals surface area contributed by atoms with E-state index in [1.54, 1.807) is 0 Å². The van der Waals surface area contributed by atoms with Crippen molar-refractivity contribution in [2.45, 2.75) is 167 Å². The Hall–Kier alpha value is -4.31. The van der Waals surface area contributed by atoms with Gasteiger partial charge in [0.15, 0.2) is 6.10 Å². The van der Waals surface area contributed by atoms with Gasteiger partial charge < -0.3 is 28.5 Å². The lowest BCUT2D eigenvalue weighted by atomic mass is 10.1. The second-order valence-electron chi connectivity index (χ2n) is 17.0. The van der Waals surface area contributed by atoms with E-state index in [0.29, 0.717) is 23.9 Å². The fourth-order valence-corrected chi connectivity index (χ4v) is 5.87. The molecule has 0 aliphatic heterocycles. The fourth-order valence-electron chi connectivity index (χ4n) is 5.87. The summed E-state index contributed by atoms with van der Waals surface area (Å²) in [5.41, 5.74) is 0. The van der Waals surface area contributed by atoms with Gasteiger partial charge >= 0.3 is 17.9 Å². The first-order chi connectivity index (χ1) is 31.6. The molecule has 2 unspecified atom stereocenters. The Labute approximate surface area is 396 Å². The van der Waals surface area contributed by atoms with Crippen LogP contribution in [0.15, 0.2) is 122 Å². The highest BCUT2D eigenvalue weighted by atomic mass is 16.7. The minimum Gasteiger partial charge on any atom is -0.477 e. The molecule has 0 amide bonds. The maximum Gasteiger partial charge on any atom is 0.361 e. The van der Waals surface area contributed by atoms with Crippen molar-refractivity contribution in [1.29, 1.82) is 0 Å². The number of carboxylic acids is 1. The number of unbranched alkanes of at least 4 members (excludes halogenated alkanes) is 8. The predicted molar refractivity (Wildman–Crippen MR) is 271 cm³/mol. The second kappa shape index (κ2) is 46.2. The molecule has 0 aliphatic carbocycles. The number of allylic oxidation sites excluding steroid dienone is 20. The minimum atomic E-state index is -1.53. The molecule has 0 spiro atoms. The van der Waals surface area contributed by atoms with Crippen molar-refractivity contribution >= 4 is 17.9 Å². The lowest BCUT2D eigenvalue weighted by Crippen LogP contribution is -2.40. The van der Waals surface area contributed by atoms with Gasteiger partial charge in [-0.2, -0.15) is 0 Å². The third kappa shape index (κ3) is 47.5. The van der Waals surface area contributed by atoms with Crippen molar-refractivity contribution < 1.29 is 42.9 Å². The van der Waals surface area contributed by atoms with Crippen LogP contribution in [0.4, 0.5) is 0 Å². The number of carboxylic acid groups (broad SMARTS) is 1. The number of ether oxygens (including phenoxy) is 4. The molecule has 0 bridgehead atoms. The van der Waals surface area contributed by atoms with Crippen molar-refractivity contribution in [1.82, 2.24) is 0 Å². The van der Waals surface area contributed by atoms with Crippen LogP contribution in [0.5, 0.6) is 0 Å². The van der Waals surface area contributed by atoms with Crippen LogP contribution in [0.1, 0.15) is 155 Å². The predicted octanol–water partition coefficient (Wildman–Crippen LogP) is 13.8. The van der Waals surface area contributed by atoms with Gasteiger partial charge in [0, 0.05) is 12.8 Å². The summed E-state index contributed by atoms with van der Waals surface area (Å²) in [6, 6.07) is 0. The van der Waals surface area contributed by atoms with E-state index in [0.717, 1.165) is 103 Å². The number of carbonyl (C=O) groups excluding carboxylic acids is 2. The molecule has 0 heterocycles. The normalized spacial score (nSPS) is 13.9. The zero-order valence-electron chi connectivity index (χ0n) is 41.3. The summed E-state index contributed by atoms with van der Waals surface area (Å²) >= 11 is 0. The largest absolute Gasteiger partial charge is 0.477 e. The quantitative estimate of drug-likeness (QED) is 0.0212. The van der Waals surface area contributed by atoms with Crippen molar-refractivity contribution in [2.75, 3.05) is 47.5 Å². The zero-order chi connectivity index (χ0) is 47.7. The smallest absolute Gasteiger partial charge is 0.361 e. The molecule has 9 heteroatoms. The van der Waals surface area contributed by atoms with Crippen LogP contribution >= 0.6 is 0 Å². The summed E-state index contributed by atoms with van der Waals surface area (Å²) in [4.78, 5) is 37.1. The van der Waals surface area contributed by atoms with E-state index in [9.17, 15) is 19.5 Å². The first-order valence-corrected chi connectivity index (χ1v) is 24.7. The molecule has 9 nitrogen and oxygen atoms in total. The van der Waals surface area contributed by atoms with Gasteiger partial charge in [-0.15, -0.1) is 0 Å². The van der Waals surface area contributed by atoms with Crippen molar-refractivity contribution in [2.24, 2.45) is 0 Å². The monoisotopic (exact) mass is 905 g/mol. The standard InChI is InChI=1S/C56H89NO8/c1-6-8-10-12-14-16-18-19-20-21-22-23-24-25-26-27-28-29-30-31-32-33-34-35-37-39-41-43-45-47-54(59)65-52(51-64-56(55(60)61)62-49-48-57(3,4)5)50-63-53(58)46-44-42-40-38-36-17-15-13-11-9-7-2/h8,10,13-16,19-20,22-23,25-26,28-29,31-32,34-35,39,41,52,56H,6-7,9,11-12,17-18,21,24,27,30,33,36-38,40,42-51H2,1-5H3/p+1/b10-8-,15-13-,16-14-,20-19-,23-22-,26-25-,29-28-,32-31-,35-34-,41-39-. The summed E-state index contributed by atoms with van der Waals surface area (Å²) in [6.45, 7) is 4.60. The van der Waals surface area contributed by atoms with E-state index >= 15 is 0 Å². The molecule has 366 valence electrons. The Kier molecular flexibility index (Phi) is 43.2. The van der Waals surface area contributed by atoms with Gasteiger partial charge in [0.1, 0.15) is 13.2 Å². The number of esters is 2. The third-order valence-corrected chi connectivity index (χ3v) is 9.70. The molecular formula is C56H90NO8+. The van der Waals surface area contributed by atoms with Gasteiger partial charge in [-0.3, -0.25) is 9.59 Å². The highest BCUT2D eigenvalue weighted by molar-refractivity contribution is 5.71. The van der Waals surface area contributed by atoms with Crippen LogP contribution < -0.4 is 0 Å². The molecule has 0 rings (SSSR count). The summed E-state index contributed by atoms with van der Waals surface area (Å²) in [5.74, 6) is -2.12. The summed E-state index contributed by atoms with van der Waals surface area (Å²) in [6.07, 6.45) is 61.4. The molecule has 0 aromatic heterocycles. The van der Waals surface area contributed by atoms with Gasteiger partial charge in [-0.05, 0) is 96.3 Å². The van der Waals surface area contributed by atoms with E-state index in [2.05, 4.69) is 135 Å². The molecule has 0 saturated heterocycles.